The lowest BCUT2D eigenvalue weighted by atomic mass is 10.1. The predicted molar refractivity (Wildman–Crippen MR) is 59.4 cm³/mol. The molecule has 2 nitrogen and oxygen atoms in total. The van der Waals surface area contributed by atoms with Gasteiger partial charge in [-0.15, -0.1) is 0 Å². The average Bonchev–Trinajstić information content (AvgIpc) is 2.20. The van der Waals surface area contributed by atoms with Crippen LogP contribution >= 0.6 is 0 Å². The van der Waals surface area contributed by atoms with Gasteiger partial charge in [-0.05, 0) is 32.0 Å². The number of hydrogen-bond acceptors (Lipinski definition) is 2. The highest BCUT2D eigenvalue weighted by molar-refractivity contribution is 5.60. The first-order chi connectivity index (χ1) is 7.40. The van der Waals surface area contributed by atoms with Crippen LogP contribution in [-0.2, 0) is 6.18 Å². The zero-order valence-electron chi connectivity index (χ0n) is 9.30. The van der Waals surface area contributed by atoms with Crippen LogP contribution in [0.2, 0.25) is 0 Å². The lowest BCUT2D eigenvalue weighted by molar-refractivity contribution is -0.137. The molecule has 0 unspecified atom stereocenters. The van der Waals surface area contributed by atoms with Gasteiger partial charge in [0, 0.05) is 24.5 Å². The van der Waals surface area contributed by atoms with Crippen LogP contribution in [-0.4, -0.2) is 13.1 Å². The second-order valence-electron chi connectivity index (χ2n) is 3.45. The Bertz CT molecular complexity index is 357. The number of hydrogen-bond donors (Lipinski definition) is 1. The highest BCUT2D eigenvalue weighted by Gasteiger charge is 2.34. The summed E-state index contributed by atoms with van der Waals surface area (Å²) in [6.07, 6.45) is -4.37. The second kappa shape index (κ2) is 4.63. The standard InChI is InChI=1S/C11H15F3N2/c1-3-16(4-2)10-6-5-8(15)7-9(10)11(12,13)14/h5-7H,3-4,15H2,1-2H3. The van der Waals surface area contributed by atoms with Gasteiger partial charge in [-0.25, -0.2) is 0 Å². The molecule has 0 aliphatic rings. The molecule has 0 fully saturated rings. The van der Waals surface area contributed by atoms with Crippen LogP contribution in [0.4, 0.5) is 24.5 Å². The molecule has 2 N–H and O–H groups in total. The van der Waals surface area contributed by atoms with Crippen molar-refractivity contribution in [2.45, 2.75) is 20.0 Å². The minimum absolute atomic E-state index is 0.128. The summed E-state index contributed by atoms with van der Waals surface area (Å²) < 4.78 is 38.3. The van der Waals surface area contributed by atoms with Gasteiger partial charge in [0.2, 0.25) is 0 Å². The van der Waals surface area contributed by atoms with Gasteiger partial charge >= 0.3 is 6.18 Å². The number of alkyl halides is 3. The second-order valence-corrected chi connectivity index (χ2v) is 3.45. The smallest absolute Gasteiger partial charge is 0.399 e. The summed E-state index contributed by atoms with van der Waals surface area (Å²) in [6, 6.07) is 3.89. The number of rotatable bonds is 3. The molecule has 0 saturated heterocycles. The van der Waals surface area contributed by atoms with Crippen LogP contribution in [0.1, 0.15) is 19.4 Å². The van der Waals surface area contributed by atoms with E-state index >= 15 is 0 Å². The molecule has 0 saturated carbocycles. The van der Waals surface area contributed by atoms with Crippen LogP contribution in [0.25, 0.3) is 0 Å². The molecule has 0 radical (unpaired) electrons. The molecular weight excluding hydrogens is 217 g/mol. The van der Waals surface area contributed by atoms with Crippen molar-refractivity contribution in [3.8, 4) is 0 Å². The van der Waals surface area contributed by atoms with Gasteiger partial charge in [-0.1, -0.05) is 0 Å². The Morgan fingerprint density at radius 1 is 1.19 bits per heavy atom. The van der Waals surface area contributed by atoms with Crippen molar-refractivity contribution in [2.24, 2.45) is 0 Å². The average molecular weight is 232 g/mol. The summed E-state index contributed by atoms with van der Waals surface area (Å²) in [4.78, 5) is 1.66. The van der Waals surface area contributed by atoms with Crippen molar-refractivity contribution in [1.29, 1.82) is 0 Å². The van der Waals surface area contributed by atoms with Gasteiger partial charge in [0.15, 0.2) is 0 Å². The molecule has 1 aromatic carbocycles. The number of nitrogens with two attached hydrogens (primary N) is 1. The lowest BCUT2D eigenvalue weighted by Crippen LogP contribution is -2.25. The zero-order chi connectivity index (χ0) is 12.3. The summed E-state index contributed by atoms with van der Waals surface area (Å²) in [5, 5.41) is 0. The van der Waals surface area contributed by atoms with E-state index in [0.29, 0.717) is 13.1 Å². The maximum Gasteiger partial charge on any atom is 0.418 e. The highest BCUT2D eigenvalue weighted by atomic mass is 19.4. The van der Waals surface area contributed by atoms with Gasteiger partial charge < -0.3 is 10.6 Å². The first kappa shape index (κ1) is 12.7. The number of halogens is 3. The molecule has 1 aromatic rings. The Morgan fingerprint density at radius 3 is 2.19 bits per heavy atom. The van der Waals surface area contributed by atoms with E-state index in [1.54, 1.807) is 4.90 Å². The van der Waals surface area contributed by atoms with Gasteiger partial charge in [-0.3, -0.25) is 0 Å². The molecule has 0 heterocycles. The van der Waals surface area contributed by atoms with Gasteiger partial charge in [0.25, 0.3) is 0 Å². The predicted octanol–water partition coefficient (Wildman–Crippen LogP) is 3.13. The number of benzene rings is 1. The summed E-state index contributed by atoms with van der Waals surface area (Å²) >= 11 is 0. The first-order valence-corrected chi connectivity index (χ1v) is 5.11. The number of nitrogens with zero attached hydrogens (tertiary/aromatic N) is 1. The van der Waals surface area contributed by atoms with Gasteiger partial charge in [0.05, 0.1) is 5.56 Å². The van der Waals surface area contributed by atoms with Crippen LogP contribution in [0, 0.1) is 0 Å². The molecule has 0 aliphatic heterocycles. The largest absolute Gasteiger partial charge is 0.418 e. The van der Waals surface area contributed by atoms with Crippen LogP contribution in [0.5, 0.6) is 0 Å². The third-order valence-corrected chi connectivity index (χ3v) is 2.43. The summed E-state index contributed by atoms with van der Waals surface area (Å²) in [5.41, 5.74) is 5.03. The van der Waals surface area contributed by atoms with Crippen molar-refractivity contribution >= 4 is 11.4 Å². The maximum absolute atomic E-state index is 12.8. The Kier molecular flexibility index (Phi) is 3.67. The molecule has 1 rings (SSSR count). The van der Waals surface area contributed by atoms with Gasteiger partial charge in [0.1, 0.15) is 0 Å². The molecule has 0 bridgehead atoms. The van der Waals surface area contributed by atoms with E-state index in [9.17, 15) is 13.2 Å². The summed E-state index contributed by atoms with van der Waals surface area (Å²) in [7, 11) is 0. The maximum atomic E-state index is 12.8. The Hall–Kier alpha value is -1.39. The van der Waals surface area contributed by atoms with Crippen molar-refractivity contribution in [3.63, 3.8) is 0 Å². The quantitative estimate of drug-likeness (QED) is 0.811. The van der Waals surface area contributed by atoms with Crippen LogP contribution in [0.3, 0.4) is 0 Å². The molecule has 0 amide bonds. The molecule has 0 aliphatic carbocycles. The van der Waals surface area contributed by atoms with E-state index in [1.807, 2.05) is 13.8 Å². The van der Waals surface area contributed by atoms with E-state index in [-0.39, 0.29) is 11.4 Å². The zero-order valence-corrected chi connectivity index (χ0v) is 9.30. The number of nitrogen functional groups attached to an aromatic ring is 1. The Balaban J connectivity index is 3.27. The fourth-order valence-electron chi connectivity index (χ4n) is 1.62. The minimum Gasteiger partial charge on any atom is -0.399 e. The first-order valence-electron chi connectivity index (χ1n) is 5.11. The monoisotopic (exact) mass is 232 g/mol. The fraction of sp³-hybridized carbons (Fsp3) is 0.455. The fourth-order valence-corrected chi connectivity index (χ4v) is 1.62. The highest BCUT2D eigenvalue weighted by Crippen LogP contribution is 2.37. The molecule has 5 heteroatoms. The molecule has 16 heavy (non-hydrogen) atoms. The van der Waals surface area contributed by atoms with E-state index < -0.39 is 11.7 Å². The number of anilines is 2. The van der Waals surface area contributed by atoms with Crippen LogP contribution in [0.15, 0.2) is 18.2 Å². The summed E-state index contributed by atoms with van der Waals surface area (Å²) in [5.74, 6) is 0. The topological polar surface area (TPSA) is 29.3 Å². The van der Waals surface area contributed by atoms with E-state index in [2.05, 4.69) is 0 Å². The van der Waals surface area contributed by atoms with E-state index in [0.717, 1.165) is 6.07 Å². The molecule has 0 aromatic heterocycles. The van der Waals surface area contributed by atoms with Crippen LogP contribution < -0.4 is 10.6 Å². The van der Waals surface area contributed by atoms with E-state index in [1.165, 1.54) is 12.1 Å². The SMILES string of the molecule is CCN(CC)c1ccc(N)cc1C(F)(F)F. The Morgan fingerprint density at radius 2 is 1.75 bits per heavy atom. The third-order valence-electron chi connectivity index (χ3n) is 2.43. The van der Waals surface area contributed by atoms with Crippen molar-refractivity contribution in [3.05, 3.63) is 23.8 Å². The minimum atomic E-state index is -4.37. The van der Waals surface area contributed by atoms with Crippen molar-refractivity contribution in [2.75, 3.05) is 23.7 Å². The molecule has 90 valence electrons. The summed E-state index contributed by atoms with van der Waals surface area (Å²) in [6.45, 7) is 4.70. The lowest BCUT2D eigenvalue weighted by Gasteiger charge is -2.25. The van der Waals surface area contributed by atoms with Crippen molar-refractivity contribution < 1.29 is 13.2 Å². The van der Waals surface area contributed by atoms with E-state index in [4.69, 9.17) is 5.73 Å². The third kappa shape index (κ3) is 2.59. The van der Waals surface area contributed by atoms with Crippen molar-refractivity contribution in [1.82, 2.24) is 0 Å². The Labute approximate surface area is 92.9 Å². The molecule has 0 atom stereocenters. The molecule has 0 spiro atoms. The van der Waals surface area contributed by atoms with Gasteiger partial charge in [-0.2, -0.15) is 13.2 Å². The molecular formula is C11H15F3N2. The normalized spacial score (nSPS) is 11.6.